The van der Waals surface area contributed by atoms with Gasteiger partial charge in [0.05, 0.1) is 6.07 Å². The average molecular weight is 258 g/mol. The molecule has 0 aromatic heterocycles. The molecule has 3 heteroatoms. The van der Waals surface area contributed by atoms with Crippen molar-refractivity contribution in [1.29, 1.82) is 6.71 Å². The lowest BCUT2D eigenvalue weighted by molar-refractivity contribution is 0.325. The van der Waals surface area contributed by atoms with Crippen LogP contribution < -0.4 is 0 Å². The summed E-state index contributed by atoms with van der Waals surface area (Å²) in [6.07, 6.45) is 1.81. The molecule has 0 heterocycles. The van der Waals surface area contributed by atoms with Crippen molar-refractivity contribution in [3.05, 3.63) is 60.7 Å². The number of rotatable bonds is 4. The van der Waals surface area contributed by atoms with Gasteiger partial charge >= 0.3 is 0 Å². The molecule has 0 spiro atoms. The van der Waals surface area contributed by atoms with E-state index in [0.717, 1.165) is 10.9 Å². The van der Waals surface area contributed by atoms with Crippen molar-refractivity contribution < 1.29 is 4.72 Å². The van der Waals surface area contributed by atoms with Gasteiger partial charge in [-0.2, -0.15) is 5.26 Å². The Morgan fingerprint density at radius 1 is 1.37 bits per heavy atom. The number of nitrogens with zero attached hydrogens (tertiary/aromatic N) is 2. The summed E-state index contributed by atoms with van der Waals surface area (Å²) >= 11 is 0. The third kappa shape index (κ3) is 2.98. The average Bonchev–Trinajstić information content (AvgIpc) is 2.50. The molecular weight excluding hydrogens is 239 g/mol. The second-order valence-electron chi connectivity index (χ2n) is 4.33. The maximum absolute atomic E-state index is 9.41. The summed E-state index contributed by atoms with van der Waals surface area (Å²) in [4.78, 5) is 1.99. The van der Waals surface area contributed by atoms with Crippen LogP contribution in [0.1, 0.15) is 11.6 Å². The minimum atomic E-state index is -0.242. The van der Waals surface area contributed by atoms with E-state index in [4.69, 9.17) is 4.72 Å². The number of benzene rings is 2. The van der Waals surface area contributed by atoms with Gasteiger partial charge < -0.3 is 0 Å². The topological polar surface area (TPSA) is 27.0 Å². The fraction of sp³-hybridized carbons (Fsp3) is 0.188. The van der Waals surface area contributed by atoms with Crippen LogP contribution >= 0.6 is 0 Å². The molecule has 1 atom stereocenters. The predicted octanol–water partition coefficient (Wildman–Crippen LogP) is 3.67. The van der Waals surface area contributed by atoms with E-state index in [-0.39, 0.29) is 6.04 Å². The van der Waals surface area contributed by atoms with Crippen LogP contribution in [0.15, 0.2) is 55.1 Å². The molecular formula is C16H17FN2. The first kappa shape index (κ1) is 13.3. The van der Waals surface area contributed by atoms with E-state index in [9.17, 15) is 5.26 Å². The molecule has 2 aromatic rings. The minimum Gasteiger partial charge on any atom is -0.284 e. The van der Waals surface area contributed by atoms with E-state index >= 15 is 0 Å². The van der Waals surface area contributed by atoms with Crippen molar-refractivity contribution in [3.8, 4) is 6.07 Å². The Morgan fingerprint density at radius 3 is 2.74 bits per heavy atom. The lowest BCUT2D eigenvalue weighted by Gasteiger charge is -2.22. The van der Waals surface area contributed by atoms with Gasteiger partial charge in [-0.15, -0.1) is 6.58 Å². The van der Waals surface area contributed by atoms with Crippen LogP contribution in [0.4, 0.5) is 4.72 Å². The van der Waals surface area contributed by atoms with E-state index in [2.05, 4.69) is 32.3 Å². The van der Waals surface area contributed by atoms with Crippen LogP contribution in [-0.2, 0) is 0 Å². The summed E-state index contributed by atoms with van der Waals surface area (Å²) in [7, 11) is 1.94. The van der Waals surface area contributed by atoms with E-state index in [1.165, 1.54) is 5.39 Å². The number of hydrogen-bond donors (Lipinski definition) is 0. The monoisotopic (exact) mass is 258 g/mol. The summed E-state index contributed by atoms with van der Waals surface area (Å²) < 4.78 is 13.0. The van der Waals surface area contributed by atoms with Crippen LogP contribution in [0.25, 0.3) is 10.8 Å². The van der Waals surface area contributed by atoms with Gasteiger partial charge in [0.15, 0.2) is 0 Å². The van der Waals surface area contributed by atoms with Crippen LogP contribution in [0.5, 0.6) is 0 Å². The molecule has 0 saturated heterocycles. The summed E-state index contributed by atoms with van der Waals surface area (Å²) in [5, 5.41) is 11.7. The first-order chi connectivity index (χ1) is 9.77. The highest BCUT2D eigenvalue weighted by atomic mass is 19.0. The normalized spacial score (nSPS) is 12.0. The van der Waals surface area contributed by atoms with Crippen LogP contribution in [0.3, 0.4) is 0 Å². The first-order valence-corrected chi connectivity index (χ1v) is 5.96. The molecule has 2 rings (SSSR count). The van der Waals surface area contributed by atoms with E-state index < -0.39 is 0 Å². The Bertz CT molecular complexity index is 601. The quantitative estimate of drug-likeness (QED) is 0.782. The van der Waals surface area contributed by atoms with Crippen molar-refractivity contribution in [1.82, 2.24) is 4.90 Å². The van der Waals surface area contributed by atoms with Crippen molar-refractivity contribution in [2.75, 3.05) is 13.6 Å². The van der Waals surface area contributed by atoms with Crippen LogP contribution in [-0.4, -0.2) is 19.9 Å². The van der Waals surface area contributed by atoms with Gasteiger partial charge in [0.25, 0.3) is 1.45 Å². The van der Waals surface area contributed by atoms with Gasteiger partial charge in [0, 0.05) is 6.54 Å². The highest BCUT2D eigenvalue weighted by Crippen LogP contribution is 2.27. The van der Waals surface area contributed by atoms with Crippen LogP contribution in [0.2, 0.25) is 0 Å². The van der Waals surface area contributed by atoms with Crippen LogP contribution in [0, 0.1) is 11.3 Å². The van der Waals surface area contributed by atoms with E-state index in [1.54, 1.807) is 0 Å². The molecule has 19 heavy (non-hydrogen) atoms. The number of fused-ring (bicyclic) bond motifs is 1. The SMILES string of the molecule is C=CCN(C)C(C#N)c1cccc2ccccc12.[3H]F. The minimum absolute atomic E-state index is 0.242. The zero-order valence-electron chi connectivity index (χ0n) is 11.9. The predicted molar refractivity (Wildman–Crippen MR) is 77.6 cm³/mol. The zero-order chi connectivity index (χ0) is 15.0. The number of halogens is 1. The molecule has 1 unspecified atom stereocenters. The summed E-state index contributed by atoms with van der Waals surface area (Å²) in [6, 6.07) is 16.4. The Kier molecular flexibility index (Phi) is 4.66. The second kappa shape index (κ2) is 6.67. The molecule has 0 amide bonds. The highest BCUT2D eigenvalue weighted by Gasteiger charge is 2.17. The fourth-order valence-corrected chi connectivity index (χ4v) is 2.20. The van der Waals surface area contributed by atoms with Gasteiger partial charge in [0.2, 0.25) is 0 Å². The van der Waals surface area contributed by atoms with E-state index in [0.29, 0.717) is 6.54 Å². The fourth-order valence-electron chi connectivity index (χ4n) is 2.20. The van der Waals surface area contributed by atoms with Crippen molar-refractivity contribution in [2.45, 2.75) is 6.04 Å². The number of nitriles is 1. The zero-order valence-corrected chi connectivity index (χ0v) is 10.9. The van der Waals surface area contributed by atoms with Gasteiger partial charge in [-0.1, -0.05) is 48.5 Å². The third-order valence-electron chi connectivity index (χ3n) is 3.10. The summed E-state index contributed by atoms with van der Waals surface area (Å²) in [5.74, 6) is 0. The Morgan fingerprint density at radius 2 is 2.05 bits per heavy atom. The molecule has 98 valence electrons. The van der Waals surface area contributed by atoms with Crippen molar-refractivity contribution in [2.24, 2.45) is 0 Å². The maximum atomic E-state index is 9.41. The first-order valence-electron chi connectivity index (χ1n) is 6.34. The number of likely N-dealkylation sites (N-methyl/N-ethyl adjacent to an activating group) is 1. The molecule has 0 N–H and O–H groups in total. The van der Waals surface area contributed by atoms with Gasteiger partial charge in [-0.25, -0.2) is 0 Å². The van der Waals surface area contributed by atoms with Crippen molar-refractivity contribution in [3.63, 3.8) is 0 Å². The molecule has 0 radical (unpaired) electrons. The Hall–Kier alpha value is -2.18. The standard InChI is InChI=1S/C16H16N2.FH/c1-3-11-18(2)16(12-17)15-10-6-8-13-7-4-5-9-14(13)15;/h3-10,16H,1,11H2,2H3;1H/i/hT. The smallest absolute Gasteiger partial charge is 0.269 e. The van der Waals surface area contributed by atoms with Gasteiger partial charge in [-0.3, -0.25) is 9.62 Å². The molecule has 0 fully saturated rings. The molecule has 2 aromatic carbocycles. The Labute approximate surface area is 114 Å². The largest absolute Gasteiger partial charge is 0.284 e. The molecule has 0 aliphatic heterocycles. The summed E-state index contributed by atoms with van der Waals surface area (Å²) in [5.41, 5.74) is 1.06. The van der Waals surface area contributed by atoms with Gasteiger partial charge in [0.1, 0.15) is 6.04 Å². The molecule has 2 nitrogen and oxygen atoms in total. The third-order valence-corrected chi connectivity index (χ3v) is 3.10. The van der Waals surface area contributed by atoms with E-state index in [1.807, 2.05) is 42.3 Å². The lowest BCUT2D eigenvalue weighted by atomic mass is 9.98. The highest BCUT2D eigenvalue weighted by molar-refractivity contribution is 5.86. The molecule has 0 aliphatic carbocycles. The molecule has 0 aliphatic rings. The van der Waals surface area contributed by atoms with Gasteiger partial charge in [-0.05, 0) is 23.4 Å². The summed E-state index contributed by atoms with van der Waals surface area (Å²) in [6.45, 7) is 4.42. The molecule has 0 saturated carbocycles. The maximum Gasteiger partial charge on any atom is 0.269 e. The van der Waals surface area contributed by atoms with Crippen molar-refractivity contribution >= 4 is 10.8 Å². The molecule has 0 bridgehead atoms. The number of hydrogen-bond acceptors (Lipinski definition) is 2. The Balaban J connectivity index is 0.000000956. The second-order valence-corrected chi connectivity index (χ2v) is 4.33. The lowest BCUT2D eigenvalue weighted by Crippen LogP contribution is -2.23.